The van der Waals surface area contributed by atoms with Gasteiger partial charge in [0.05, 0.1) is 16.4 Å². The number of nitrogens with one attached hydrogen (secondary N) is 2. The normalized spacial score (nSPS) is 11.0. The zero-order valence-corrected chi connectivity index (χ0v) is 12.9. The van der Waals surface area contributed by atoms with Crippen LogP contribution in [0.25, 0.3) is 10.2 Å². The average Bonchev–Trinajstić information content (AvgIpc) is 2.92. The number of nitrogens with two attached hydrogens (primary N) is 1. The minimum Gasteiger partial charge on any atom is -0.308 e. The number of nitrogens with zero attached hydrogens (tertiary/aromatic N) is 3. The standard InChI is InChI=1S/C11H9BrN6O2S/c12-6-3-18(11(20)16-9(6)19)4-7-14-8(17-13)5-1-2-21-10(5)15-7/h1-3H,4,13H2,(H,14,15,17)(H,16,19,20). The molecule has 0 unspecified atom stereocenters. The SMILES string of the molecule is NNc1nc(Cn2cc(Br)c(=O)[nH]c2=O)nc2sccc12. The van der Waals surface area contributed by atoms with Crippen LogP contribution in [0.4, 0.5) is 5.82 Å². The molecule has 0 aliphatic heterocycles. The molecule has 0 bridgehead atoms. The van der Waals surface area contributed by atoms with Crippen LogP contribution < -0.4 is 22.5 Å². The third kappa shape index (κ3) is 2.60. The molecule has 0 aromatic carbocycles. The average molecular weight is 369 g/mol. The molecule has 0 atom stereocenters. The van der Waals surface area contributed by atoms with Crippen LogP contribution >= 0.6 is 27.3 Å². The smallest absolute Gasteiger partial charge is 0.308 e. The first-order valence-corrected chi connectivity index (χ1v) is 7.46. The van der Waals surface area contributed by atoms with E-state index in [1.165, 1.54) is 22.1 Å². The summed E-state index contributed by atoms with van der Waals surface area (Å²) >= 11 is 4.53. The maximum Gasteiger partial charge on any atom is 0.328 e. The molecule has 0 fully saturated rings. The summed E-state index contributed by atoms with van der Waals surface area (Å²) in [6.45, 7) is 0.122. The van der Waals surface area contributed by atoms with Crippen LogP contribution in [0.1, 0.15) is 5.82 Å². The molecule has 21 heavy (non-hydrogen) atoms. The third-order valence-corrected chi connectivity index (χ3v) is 4.16. The minimum absolute atomic E-state index is 0.122. The first-order valence-electron chi connectivity index (χ1n) is 5.78. The van der Waals surface area contributed by atoms with Gasteiger partial charge in [-0.1, -0.05) is 0 Å². The molecule has 3 rings (SSSR count). The van der Waals surface area contributed by atoms with E-state index in [2.05, 4.69) is 36.3 Å². The number of hydrogen-bond acceptors (Lipinski definition) is 7. The van der Waals surface area contributed by atoms with E-state index in [1.807, 2.05) is 11.4 Å². The summed E-state index contributed by atoms with van der Waals surface area (Å²) in [5, 5.41) is 2.70. The number of nitrogen functional groups attached to an aromatic ring is 1. The predicted molar refractivity (Wildman–Crippen MR) is 83.3 cm³/mol. The third-order valence-electron chi connectivity index (χ3n) is 2.79. The number of aromatic nitrogens is 4. The highest BCUT2D eigenvalue weighted by Gasteiger charge is 2.10. The van der Waals surface area contributed by atoms with Crippen molar-refractivity contribution in [3.63, 3.8) is 0 Å². The van der Waals surface area contributed by atoms with E-state index < -0.39 is 11.2 Å². The first kappa shape index (κ1) is 13.9. The second-order valence-electron chi connectivity index (χ2n) is 4.14. The topological polar surface area (TPSA) is 119 Å². The Morgan fingerprint density at radius 1 is 1.43 bits per heavy atom. The van der Waals surface area contributed by atoms with Gasteiger partial charge in [-0.15, -0.1) is 11.3 Å². The Hall–Kier alpha value is -2.04. The molecule has 0 saturated heterocycles. The number of fused-ring (bicyclic) bond motifs is 1. The fourth-order valence-corrected chi connectivity index (χ4v) is 2.96. The van der Waals surface area contributed by atoms with E-state index in [-0.39, 0.29) is 11.0 Å². The number of aromatic amines is 1. The molecule has 0 saturated carbocycles. The van der Waals surface area contributed by atoms with Gasteiger partial charge in [-0.05, 0) is 27.4 Å². The van der Waals surface area contributed by atoms with E-state index in [4.69, 9.17) is 5.84 Å². The molecule has 4 N–H and O–H groups in total. The molecule has 0 amide bonds. The summed E-state index contributed by atoms with van der Waals surface area (Å²) in [7, 11) is 0. The van der Waals surface area contributed by atoms with Gasteiger partial charge in [-0.2, -0.15) is 0 Å². The maximum atomic E-state index is 11.8. The zero-order valence-electron chi connectivity index (χ0n) is 10.5. The van der Waals surface area contributed by atoms with Crippen molar-refractivity contribution in [3.05, 3.63) is 48.8 Å². The van der Waals surface area contributed by atoms with Gasteiger partial charge in [0.1, 0.15) is 4.83 Å². The van der Waals surface area contributed by atoms with Crippen molar-refractivity contribution in [2.45, 2.75) is 6.54 Å². The fraction of sp³-hybridized carbons (Fsp3) is 0.0909. The van der Waals surface area contributed by atoms with E-state index in [1.54, 1.807) is 0 Å². The lowest BCUT2D eigenvalue weighted by atomic mass is 10.4. The molecule has 0 radical (unpaired) electrons. The lowest BCUT2D eigenvalue weighted by Crippen LogP contribution is -2.30. The molecular formula is C11H9BrN6O2S. The van der Waals surface area contributed by atoms with Crippen molar-refractivity contribution >= 4 is 43.3 Å². The molecule has 0 spiro atoms. The Bertz CT molecular complexity index is 930. The summed E-state index contributed by atoms with van der Waals surface area (Å²) in [6.07, 6.45) is 1.40. The van der Waals surface area contributed by atoms with E-state index in [0.29, 0.717) is 11.6 Å². The minimum atomic E-state index is -0.527. The number of hydrazine groups is 1. The highest BCUT2D eigenvalue weighted by atomic mass is 79.9. The first-order chi connectivity index (χ1) is 10.1. The van der Waals surface area contributed by atoms with Crippen LogP contribution in [0.3, 0.4) is 0 Å². The van der Waals surface area contributed by atoms with Crippen molar-refractivity contribution in [2.75, 3.05) is 5.43 Å². The molecule has 0 aliphatic carbocycles. The molecule has 3 aromatic rings. The summed E-state index contributed by atoms with van der Waals surface area (Å²) < 4.78 is 1.57. The Morgan fingerprint density at radius 3 is 3.00 bits per heavy atom. The molecule has 108 valence electrons. The van der Waals surface area contributed by atoms with Gasteiger partial charge in [-0.25, -0.2) is 20.6 Å². The van der Waals surface area contributed by atoms with Gasteiger partial charge in [0.2, 0.25) is 0 Å². The Kier molecular flexibility index (Phi) is 3.57. The second-order valence-corrected chi connectivity index (χ2v) is 5.89. The van der Waals surface area contributed by atoms with Crippen LogP contribution in [-0.4, -0.2) is 19.5 Å². The molecule has 3 heterocycles. The van der Waals surface area contributed by atoms with Crippen molar-refractivity contribution < 1.29 is 0 Å². The van der Waals surface area contributed by atoms with E-state index in [9.17, 15) is 9.59 Å². The van der Waals surface area contributed by atoms with Crippen LogP contribution in [0.2, 0.25) is 0 Å². The van der Waals surface area contributed by atoms with Gasteiger partial charge in [0, 0.05) is 6.20 Å². The van der Waals surface area contributed by atoms with Crippen molar-refractivity contribution in [1.29, 1.82) is 0 Å². The maximum absolute atomic E-state index is 11.8. The monoisotopic (exact) mass is 368 g/mol. The Morgan fingerprint density at radius 2 is 2.24 bits per heavy atom. The van der Waals surface area contributed by atoms with E-state index in [0.717, 1.165) is 10.2 Å². The van der Waals surface area contributed by atoms with E-state index >= 15 is 0 Å². The molecule has 0 aliphatic rings. The highest BCUT2D eigenvalue weighted by Crippen LogP contribution is 2.24. The highest BCUT2D eigenvalue weighted by molar-refractivity contribution is 9.10. The van der Waals surface area contributed by atoms with Crippen LogP contribution in [0.5, 0.6) is 0 Å². The number of hydrogen-bond donors (Lipinski definition) is 3. The summed E-state index contributed by atoms with van der Waals surface area (Å²) in [4.78, 5) is 34.7. The molecular weight excluding hydrogens is 360 g/mol. The van der Waals surface area contributed by atoms with Gasteiger partial charge < -0.3 is 5.43 Å². The number of anilines is 1. The number of rotatable bonds is 3. The largest absolute Gasteiger partial charge is 0.328 e. The lowest BCUT2D eigenvalue weighted by molar-refractivity contribution is 0.686. The Labute approximate surface area is 129 Å². The molecule has 10 heteroatoms. The molecule has 3 aromatic heterocycles. The Balaban J connectivity index is 2.08. The quantitative estimate of drug-likeness (QED) is 0.461. The number of H-pyrrole nitrogens is 1. The van der Waals surface area contributed by atoms with Gasteiger partial charge in [-0.3, -0.25) is 14.3 Å². The van der Waals surface area contributed by atoms with Gasteiger partial charge in [0.25, 0.3) is 5.56 Å². The van der Waals surface area contributed by atoms with Crippen LogP contribution in [-0.2, 0) is 6.54 Å². The number of thiophene rings is 1. The van der Waals surface area contributed by atoms with Crippen LogP contribution in [0.15, 0.2) is 31.7 Å². The van der Waals surface area contributed by atoms with Gasteiger partial charge in [0.15, 0.2) is 11.6 Å². The fourth-order valence-electron chi connectivity index (χ4n) is 1.83. The zero-order chi connectivity index (χ0) is 15.0. The van der Waals surface area contributed by atoms with Crippen molar-refractivity contribution in [3.8, 4) is 0 Å². The van der Waals surface area contributed by atoms with Crippen molar-refractivity contribution in [2.24, 2.45) is 5.84 Å². The predicted octanol–water partition coefficient (Wildman–Crippen LogP) is 0.638. The number of halogens is 1. The molecule has 8 nitrogen and oxygen atoms in total. The van der Waals surface area contributed by atoms with Crippen molar-refractivity contribution in [1.82, 2.24) is 19.5 Å². The summed E-state index contributed by atoms with van der Waals surface area (Å²) in [5.41, 5.74) is 1.51. The summed E-state index contributed by atoms with van der Waals surface area (Å²) in [6, 6.07) is 1.86. The summed E-state index contributed by atoms with van der Waals surface area (Å²) in [5.74, 6) is 6.36. The van der Waals surface area contributed by atoms with Crippen LogP contribution in [0, 0.1) is 0 Å². The second kappa shape index (κ2) is 5.39. The van der Waals surface area contributed by atoms with Gasteiger partial charge >= 0.3 is 5.69 Å². The lowest BCUT2D eigenvalue weighted by Gasteiger charge is -2.07.